The van der Waals surface area contributed by atoms with Crippen molar-refractivity contribution in [2.75, 3.05) is 11.5 Å². The number of nitrogens with zero attached hydrogens (tertiary/aromatic N) is 4. The number of hydrogen-bond acceptors (Lipinski definition) is 6. The van der Waals surface area contributed by atoms with Gasteiger partial charge in [0.2, 0.25) is 4.21 Å². The molecule has 4 rings (SSSR count). The molecule has 0 saturated carbocycles. The normalized spacial score (nSPS) is 12.5. The molecule has 0 radical (unpaired) electrons. The lowest BCUT2D eigenvalue weighted by Gasteiger charge is -2.09. The molecule has 1 atom stereocenters. The molecule has 0 aliphatic carbocycles. The molecule has 4 aromatic heterocycles. The number of nitrogen functional groups attached to an aromatic ring is 1. The molecule has 144 valence electrons. The van der Waals surface area contributed by atoms with Crippen molar-refractivity contribution in [1.29, 1.82) is 0 Å². The Labute approximate surface area is 170 Å². The van der Waals surface area contributed by atoms with E-state index < -0.39 is 11.2 Å². The minimum atomic E-state index is -1.12. The number of imidazole rings is 1. The van der Waals surface area contributed by atoms with Gasteiger partial charge < -0.3 is 14.9 Å². The zero-order chi connectivity index (χ0) is 19.7. The number of aryl methyl sites for hydroxylation is 1. The fourth-order valence-electron chi connectivity index (χ4n) is 3.12. The monoisotopic (exact) mass is 411 g/mol. The fraction of sp³-hybridized carbons (Fsp3) is 0.250. The number of unbranched alkanes of at least 4 members (excludes halogenated alkanes) is 1. The Kier molecular flexibility index (Phi) is 5.34. The van der Waals surface area contributed by atoms with E-state index in [1.165, 1.54) is 11.3 Å². The van der Waals surface area contributed by atoms with Gasteiger partial charge in [0.1, 0.15) is 16.3 Å². The molecule has 4 aromatic rings. The quantitative estimate of drug-likeness (QED) is 0.479. The lowest BCUT2D eigenvalue weighted by molar-refractivity contribution is 0.594. The van der Waals surface area contributed by atoms with Crippen molar-refractivity contribution in [2.24, 2.45) is 7.05 Å². The predicted octanol–water partition coefficient (Wildman–Crippen LogP) is 4.25. The van der Waals surface area contributed by atoms with Crippen molar-refractivity contribution in [3.63, 3.8) is 0 Å². The largest absolute Gasteiger partial charge is 0.611 e. The average Bonchev–Trinajstić information content (AvgIpc) is 3.29. The van der Waals surface area contributed by atoms with E-state index in [4.69, 9.17) is 10.7 Å². The zero-order valence-corrected chi connectivity index (χ0v) is 17.4. The van der Waals surface area contributed by atoms with Gasteiger partial charge in [0.15, 0.2) is 0 Å². The van der Waals surface area contributed by atoms with Crippen molar-refractivity contribution < 1.29 is 4.55 Å². The number of aromatic nitrogens is 4. The number of hydrogen-bond donors (Lipinski definition) is 1. The van der Waals surface area contributed by atoms with E-state index in [0.29, 0.717) is 15.6 Å². The Morgan fingerprint density at radius 1 is 1.29 bits per heavy atom. The first kappa shape index (κ1) is 18.9. The van der Waals surface area contributed by atoms with Crippen LogP contribution in [-0.2, 0) is 18.2 Å². The first-order chi connectivity index (χ1) is 13.6. The summed E-state index contributed by atoms with van der Waals surface area (Å²) >= 11 is 0.302. The van der Waals surface area contributed by atoms with Crippen LogP contribution in [0.2, 0.25) is 0 Å². The Morgan fingerprint density at radius 3 is 2.82 bits per heavy atom. The summed E-state index contributed by atoms with van der Waals surface area (Å²) in [5.41, 5.74) is 10.7. The van der Waals surface area contributed by atoms with E-state index in [1.807, 2.05) is 36.0 Å². The Bertz CT molecular complexity index is 1110. The molecule has 0 fully saturated rings. The van der Waals surface area contributed by atoms with Gasteiger partial charge in [0.05, 0.1) is 23.9 Å². The molecule has 0 aliphatic heterocycles. The van der Waals surface area contributed by atoms with Crippen molar-refractivity contribution in [3.8, 4) is 22.5 Å². The topological polar surface area (TPSA) is 92.7 Å². The second-order valence-electron chi connectivity index (χ2n) is 6.57. The lowest BCUT2D eigenvalue weighted by atomic mass is 10.1. The van der Waals surface area contributed by atoms with E-state index in [-0.39, 0.29) is 0 Å². The zero-order valence-electron chi connectivity index (χ0n) is 15.8. The third-order valence-corrected chi connectivity index (χ3v) is 7.60. The number of thiophene rings is 1. The van der Waals surface area contributed by atoms with Gasteiger partial charge in [-0.05, 0) is 35.8 Å². The number of nitrogens with two attached hydrogens (primary N) is 1. The molecular weight excluding hydrogens is 390 g/mol. The van der Waals surface area contributed by atoms with Crippen LogP contribution in [0.1, 0.15) is 19.8 Å². The van der Waals surface area contributed by atoms with Crippen molar-refractivity contribution in [1.82, 2.24) is 19.5 Å². The van der Waals surface area contributed by atoms with Crippen molar-refractivity contribution in [2.45, 2.75) is 24.0 Å². The van der Waals surface area contributed by atoms with Crippen LogP contribution in [0.15, 0.2) is 47.3 Å². The van der Waals surface area contributed by atoms with Crippen LogP contribution in [0.5, 0.6) is 0 Å². The maximum Gasteiger partial charge on any atom is 0.232 e. The van der Waals surface area contributed by atoms with Crippen molar-refractivity contribution >= 4 is 38.4 Å². The smallest absolute Gasteiger partial charge is 0.232 e. The number of fused-ring (bicyclic) bond motifs is 1. The van der Waals surface area contributed by atoms with Gasteiger partial charge in [-0.2, -0.15) is 0 Å². The van der Waals surface area contributed by atoms with Gasteiger partial charge >= 0.3 is 0 Å². The number of rotatable bonds is 6. The van der Waals surface area contributed by atoms with E-state index >= 15 is 0 Å². The molecule has 6 nitrogen and oxygen atoms in total. The highest BCUT2D eigenvalue weighted by molar-refractivity contribution is 7.93. The Morgan fingerprint density at radius 2 is 2.14 bits per heavy atom. The third kappa shape index (κ3) is 3.39. The van der Waals surface area contributed by atoms with Crippen molar-refractivity contribution in [3.05, 3.63) is 43.1 Å². The summed E-state index contributed by atoms with van der Waals surface area (Å²) in [7, 11) is 1.95. The van der Waals surface area contributed by atoms with Gasteiger partial charge in [-0.1, -0.05) is 24.7 Å². The molecule has 0 spiro atoms. The summed E-state index contributed by atoms with van der Waals surface area (Å²) in [4.78, 5) is 14.1. The number of pyridine rings is 2. The van der Waals surface area contributed by atoms with Crippen LogP contribution in [0.4, 0.5) is 5.69 Å². The van der Waals surface area contributed by atoms with Crippen LogP contribution in [-0.4, -0.2) is 29.8 Å². The minimum Gasteiger partial charge on any atom is -0.611 e. The first-order valence-corrected chi connectivity index (χ1v) is 11.2. The van der Waals surface area contributed by atoms with E-state index in [2.05, 4.69) is 16.9 Å². The van der Waals surface area contributed by atoms with Crippen LogP contribution in [0, 0.1) is 0 Å². The highest BCUT2D eigenvalue weighted by Crippen LogP contribution is 2.43. The SMILES string of the molecule is CCCC[S+]([O-])c1sc2nc(-c3cccnc3)cc(-c3cncn3C)c2c1N. The third-order valence-electron chi connectivity index (χ3n) is 4.60. The molecule has 0 aromatic carbocycles. The molecule has 0 saturated heterocycles. The first-order valence-electron chi connectivity index (χ1n) is 9.08. The second-order valence-corrected chi connectivity index (χ2v) is 9.34. The van der Waals surface area contributed by atoms with Crippen LogP contribution in [0.25, 0.3) is 32.7 Å². The average molecular weight is 412 g/mol. The molecule has 1 unspecified atom stereocenters. The van der Waals surface area contributed by atoms with Gasteiger partial charge in [-0.3, -0.25) is 4.98 Å². The molecule has 28 heavy (non-hydrogen) atoms. The van der Waals surface area contributed by atoms with E-state index in [9.17, 15) is 4.55 Å². The molecular formula is C20H21N5OS2. The molecule has 0 amide bonds. The lowest BCUT2D eigenvalue weighted by Crippen LogP contribution is -2.07. The van der Waals surface area contributed by atoms with Crippen LogP contribution >= 0.6 is 11.3 Å². The highest BCUT2D eigenvalue weighted by Gasteiger charge is 2.25. The Balaban J connectivity index is 1.95. The summed E-state index contributed by atoms with van der Waals surface area (Å²) in [5, 5.41) is 0.848. The van der Waals surface area contributed by atoms with E-state index in [1.54, 1.807) is 18.7 Å². The molecule has 0 aliphatic rings. The molecule has 0 bridgehead atoms. The van der Waals surface area contributed by atoms with E-state index in [0.717, 1.165) is 45.6 Å². The molecule has 2 N–H and O–H groups in total. The summed E-state index contributed by atoms with van der Waals surface area (Å²) < 4.78 is 15.5. The molecule has 8 heteroatoms. The standard InChI is InChI=1S/C20H21N5OS2/c1-3-4-8-28(26)20-18(21)17-14(16-11-23-12-25(16)2)9-15(24-19(17)27-20)13-6-5-7-22-10-13/h5-7,9-12H,3-4,8,21H2,1-2H3. The number of anilines is 1. The highest BCUT2D eigenvalue weighted by atomic mass is 32.2. The minimum absolute atomic E-state index is 0.566. The van der Waals surface area contributed by atoms with Gasteiger partial charge in [0.25, 0.3) is 0 Å². The summed E-state index contributed by atoms with van der Waals surface area (Å²) in [5.74, 6) is 0.615. The van der Waals surface area contributed by atoms with Crippen LogP contribution in [0.3, 0.4) is 0 Å². The Hall–Kier alpha value is -2.42. The predicted molar refractivity (Wildman–Crippen MR) is 116 cm³/mol. The summed E-state index contributed by atoms with van der Waals surface area (Å²) in [6.45, 7) is 2.09. The van der Waals surface area contributed by atoms with Gasteiger partial charge in [-0.25, -0.2) is 9.97 Å². The van der Waals surface area contributed by atoms with Gasteiger partial charge in [0, 0.05) is 36.0 Å². The molecule has 4 heterocycles. The van der Waals surface area contributed by atoms with Crippen LogP contribution < -0.4 is 5.73 Å². The fourth-order valence-corrected chi connectivity index (χ4v) is 5.91. The maximum atomic E-state index is 12.8. The summed E-state index contributed by atoms with van der Waals surface area (Å²) in [6.07, 6.45) is 9.00. The summed E-state index contributed by atoms with van der Waals surface area (Å²) in [6, 6.07) is 5.88. The second kappa shape index (κ2) is 7.90. The van der Waals surface area contributed by atoms with Gasteiger partial charge in [-0.15, -0.1) is 0 Å². The maximum absolute atomic E-state index is 12.8.